The Morgan fingerprint density at radius 1 is 1.28 bits per heavy atom. The lowest BCUT2D eigenvalue weighted by atomic mass is 9.61. The van der Waals surface area contributed by atoms with Crippen molar-refractivity contribution in [1.82, 2.24) is 14.9 Å². The summed E-state index contributed by atoms with van der Waals surface area (Å²) in [7, 11) is 0. The zero-order valence-electron chi connectivity index (χ0n) is 13.5. The number of amides is 1. The topological polar surface area (TPSA) is 66.1 Å². The molecule has 2 fully saturated rings. The first-order chi connectivity index (χ1) is 12.0. The summed E-state index contributed by atoms with van der Waals surface area (Å²) in [6, 6.07) is 4.21. The van der Waals surface area contributed by atoms with E-state index in [4.69, 9.17) is 0 Å². The molecule has 130 valence electrons. The molecule has 2 heterocycles. The minimum Gasteiger partial charge on any atom is -0.336 e. The molecule has 1 saturated heterocycles. The molecule has 1 atom stereocenters. The van der Waals surface area contributed by atoms with Gasteiger partial charge in [-0.25, -0.2) is 8.78 Å². The van der Waals surface area contributed by atoms with Crippen molar-refractivity contribution in [3.63, 3.8) is 0 Å². The minimum absolute atomic E-state index is 0.113. The Labute approximate surface area is 142 Å². The Hall–Kier alpha value is -2.57. The number of carbonyl (C=O) groups excluding carboxylic acids is 1. The molecule has 25 heavy (non-hydrogen) atoms. The van der Waals surface area contributed by atoms with Crippen molar-refractivity contribution in [3.8, 4) is 0 Å². The summed E-state index contributed by atoms with van der Waals surface area (Å²) in [4.78, 5) is 31.9. The standard InChI is InChI=1S/C18H17F2N3O2/c19-13-4-1-3-11(16(13)20)12-9-23(10-18(12)5-2-6-18)17(25)14-7-21-8-15(24)22-14/h1,3-4,7-8,12H,2,5-6,9-10H2,(H,22,24)/t12-/m0/s1. The number of nitrogens with one attached hydrogen (secondary N) is 1. The number of aromatic nitrogens is 2. The van der Waals surface area contributed by atoms with E-state index < -0.39 is 17.2 Å². The summed E-state index contributed by atoms with van der Waals surface area (Å²) in [5.74, 6) is -2.28. The lowest BCUT2D eigenvalue weighted by Crippen LogP contribution is -2.38. The van der Waals surface area contributed by atoms with Crippen LogP contribution >= 0.6 is 0 Å². The third-order valence-corrected chi connectivity index (χ3v) is 5.53. The summed E-state index contributed by atoms with van der Waals surface area (Å²) < 4.78 is 28.0. The smallest absolute Gasteiger partial charge is 0.272 e. The second kappa shape index (κ2) is 5.75. The van der Waals surface area contributed by atoms with Crippen LogP contribution < -0.4 is 5.56 Å². The van der Waals surface area contributed by atoms with Crippen LogP contribution in [0.25, 0.3) is 0 Å². The molecular weight excluding hydrogens is 328 g/mol. The van der Waals surface area contributed by atoms with Gasteiger partial charge < -0.3 is 9.88 Å². The van der Waals surface area contributed by atoms with Gasteiger partial charge in [-0.1, -0.05) is 18.6 Å². The first kappa shape index (κ1) is 15.9. The van der Waals surface area contributed by atoms with Crippen molar-refractivity contribution >= 4 is 5.91 Å². The molecule has 0 bridgehead atoms. The number of hydrogen-bond acceptors (Lipinski definition) is 3. The Kier molecular flexibility index (Phi) is 3.67. The highest BCUT2D eigenvalue weighted by molar-refractivity contribution is 5.92. The lowest BCUT2D eigenvalue weighted by molar-refractivity contribution is 0.0718. The van der Waals surface area contributed by atoms with E-state index in [1.165, 1.54) is 12.3 Å². The third-order valence-electron chi connectivity index (χ3n) is 5.53. The zero-order valence-corrected chi connectivity index (χ0v) is 13.5. The molecule has 2 aliphatic rings. The van der Waals surface area contributed by atoms with Gasteiger partial charge >= 0.3 is 0 Å². The molecule has 2 aromatic rings. The van der Waals surface area contributed by atoms with Gasteiger partial charge in [0.2, 0.25) is 0 Å². The number of carbonyl (C=O) groups is 1. The monoisotopic (exact) mass is 345 g/mol. The molecule has 1 aromatic heterocycles. The number of halogens is 2. The van der Waals surface area contributed by atoms with Crippen LogP contribution in [0.5, 0.6) is 0 Å². The van der Waals surface area contributed by atoms with E-state index in [0.717, 1.165) is 31.5 Å². The molecule has 0 radical (unpaired) electrons. The fourth-order valence-electron chi connectivity index (χ4n) is 4.13. The van der Waals surface area contributed by atoms with Gasteiger partial charge in [0.05, 0.1) is 12.4 Å². The van der Waals surface area contributed by atoms with E-state index in [0.29, 0.717) is 18.7 Å². The Morgan fingerprint density at radius 2 is 2.08 bits per heavy atom. The third kappa shape index (κ3) is 2.54. The van der Waals surface area contributed by atoms with E-state index in [1.807, 2.05) is 0 Å². The van der Waals surface area contributed by atoms with Crippen LogP contribution in [0.1, 0.15) is 41.2 Å². The quantitative estimate of drug-likeness (QED) is 0.909. The maximum Gasteiger partial charge on any atom is 0.272 e. The van der Waals surface area contributed by atoms with Gasteiger partial charge in [-0.3, -0.25) is 14.6 Å². The van der Waals surface area contributed by atoms with Crippen molar-refractivity contribution < 1.29 is 13.6 Å². The molecule has 1 spiro atoms. The van der Waals surface area contributed by atoms with Gasteiger partial charge in [-0.2, -0.15) is 0 Å². The largest absolute Gasteiger partial charge is 0.336 e. The van der Waals surface area contributed by atoms with Crippen LogP contribution in [0, 0.1) is 17.0 Å². The zero-order chi connectivity index (χ0) is 17.6. The van der Waals surface area contributed by atoms with Crippen LogP contribution in [0.3, 0.4) is 0 Å². The highest BCUT2D eigenvalue weighted by Gasteiger charge is 2.52. The second-order valence-corrected chi connectivity index (χ2v) is 6.91. The Bertz CT molecular complexity index is 892. The first-order valence-electron chi connectivity index (χ1n) is 8.28. The van der Waals surface area contributed by atoms with Crippen molar-refractivity contribution in [2.24, 2.45) is 5.41 Å². The number of benzene rings is 1. The first-order valence-corrected chi connectivity index (χ1v) is 8.28. The van der Waals surface area contributed by atoms with Crippen molar-refractivity contribution in [2.45, 2.75) is 25.2 Å². The van der Waals surface area contributed by atoms with Crippen LogP contribution in [-0.4, -0.2) is 33.9 Å². The minimum atomic E-state index is -0.867. The predicted octanol–water partition coefficient (Wildman–Crippen LogP) is 2.46. The van der Waals surface area contributed by atoms with Crippen LogP contribution in [0.15, 0.2) is 35.4 Å². The molecule has 0 unspecified atom stereocenters. The maximum atomic E-state index is 14.3. The predicted molar refractivity (Wildman–Crippen MR) is 86.1 cm³/mol. The van der Waals surface area contributed by atoms with E-state index in [9.17, 15) is 18.4 Å². The van der Waals surface area contributed by atoms with E-state index in [1.54, 1.807) is 11.0 Å². The van der Waals surface area contributed by atoms with Gasteiger partial charge in [0, 0.05) is 19.0 Å². The van der Waals surface area contributed by atoms with E-state index >= 15 is 0 Å². The van der Waals surface area contributed by atoms with Gasteiger partial charge in [0.15, 0.2) is 11.6 Å². The molecule has 4 rings (SSSR count). The molecule has 1 saturated carbocycles. The number of nitrogens with zero attached hydrogens (tertiary/aromatic N) is 2. The van der Waals surface area contributed by atoms with Gasteiger partial charge in [-0.15, -0.1) is 0 Å². The number of rotatable bonds is 2. The number of likely N-dealkylation sites (tertiary alicyclic amines) is 1. The number of aromatic amines is 1. The van der Waals surface area contributed by atoms with Gasteiger partial charge in [0.25, 0.3) is 11.5 Å². The normalized spacial score (nSPS) is 21.4. The highest BCUT2D eigenvalue weighted by Crippen LogP contribution is 2.56. The van der Waals surface area contributed by atoms with Gasteiger partial charge in [0.1, 0.15) is 5.69 Å². The van der Waals surface area contributed by atoms with Crippen molar-refractivity contribution in [1.29, 1.82) is 0 Å². The average Bonchev–Trinajstić information content (AvgIpc) is 2.97. The van der Waals surface area contributed by atoms with Crippen LogP contribution in [-0.2, 0) is 0 Å². The lowest BCUT2D eigenvalue weighted by Gasteiger charge is -2.43. The Balaban J connectivity index is 1.67. The number of hydrogen-bond donors (Lipinski definition) is 1. The molecule has 7 heteroatoms. The molecule has 1 N–H and O–H groups in total. The van der Waals surface area contributed by atoms with Crippen molar-refractivity contribution in [3.05, 3.63) is 63.8 Å². The molecule has 1 aliphatic heterocycles. The molecule has 1 amide bonds. The summed E-state index contributed by atoms with van der Waals surface area (Å²) in [5, 5.41) is 0. The van der Waals surface area contributed by atoms with Crippen LogP contribution in [0.2, 0.25) is 0 Å². The molecular formula is C18H17F2N3O2. The molecule has 1 aliphatic carbocycles. The summed E-state index contributed by atoms with van der Waals surface area (Å²) in [6.45, 7) is 0.777. The fourth-order valence-corrected chi connectivity index (χ4v) is 4.13. The average molecular weight is 345 g/mol. The van der Waals surface area contributed by atoms with Crippen LogP contribution in [0.4, 0.5) is 8.78 Å². The second-order valence-electron chi connectivity index (χ2n) is 6.91. The number of H-pyrrole nitrogens is 1. The Morgan fingerprint density at radius 3 is 2.76 bits per heavy atom. The summed E-state index contributed by atoms with van der Waals surface area (Å²) in [5.41, 5.74) is -0.222. The highest BCUT2D eigenvalue weighted by atomic mass is 19.2. The fraction of sp³-hybridized carbons (Fsp3) is 0.389. The van der Waals surface area contributed by atoms with Gasteiger partial charge in [-0.05, 0) is 29.9 Å². The maximum absolute atomic E-state index is 14.3. The molecule has 5 nitrogen and oxygen atoms in total. The van der Waals surface area contributed by atoms with Crippen molar-refractivity contribution in [2.75, 3.05) is 13.1 Å². The van der Waals surface area contributed by atoms with E-state index in [2.05, 4.69) is 9.97 Å². The summed E-state index contributed by atoms with van der Waals surface area (Å²) in [6.07, 6.45) is 5.17. The SMILES string of the molecule is O=C(c1cncc(=O)[nH]1)N1C[C@@H](c2cccc(F)c2F)C2(CCC2)C1. The molecule has 1 aromatic carbocycles. The summed E-state index contributed by atoms with van der Waals surface area (Å²) >= 11 is 0. The van der Waals surface area contributed by atoms with E-state index in [-0.39, 0.29) is 22.9 Å².